The molecule has 0 unspecified atom stereocenters. The van der Waals surface area contributed by atoms with Crippen LogP contribution in [0.15, 0.2) is 18.2 Å². The first-order chi connectivity index (χ1) is 10.1. The number of rotatable bonds is 6. The van der Waals surface area contributed by atoms with E-state index < -0.39 is 4.92 Å². The van der Waals surface area contributed by atoms with Crippen LogP contribution in [-0.2, 0) is 6.54 Å². The van der Waals surface area contributed by atoms with Crippen molar-refractivity contribution >= 4 is 17.3 Å². The fourth-order valence-electron chi connectivity index (χ4n) is 2.70. The van der Waals surface area contributed by atoms with Crippen LogP contribution in [0.1, 0.15) is 24.8 Å². The lowest BCUT2D eigenvalue weighted by Crippen LogP contribution is -2.31. The van der Waals surface area contributed by atoms with Crippen LogP contribution in [0, 0.1) is 16.0 Å². The van der Waals surface area contributed by atoms with E-state index in [9.17, 15) is 10.1 Å². The Labute approximate surface area is 130 Å². The van der Waals surface area contributed by atoms with Gasteiger partial charge in [-0.25, -0.2) is 0 Å². The zero-order valence-electron chi connectivity index (χ0n) is 12.3. The maximum Gasteiger partial charge on any atom is 0.288 e. The van der Waals surface area contributed by atoms with Crippen LogP contribution in [0.5, 0.6) is 0 Å². The molecule has 0 radical (unpaired) electrons. The number of nitrogens with one attached hydrogen (secondary N) is 1. The quantitative estimate of drug-likeness (QED) is 0.498. The first-order valence-electron chi connectivity index (χ1n) is 7.38. The number of nitro groups is 1. The molecule has 1 saturated heterocycles. The number of hydrogen-bond donors (Lipinski definition) is 1. The molecule has 1 aromatic carbocycles. The van der Waals surface area contributed by atoms with Crippen LogP contribution in [0.2, 0.25) is 5.02 Å². The molecule has 1 fully saturated rings. The molecule has 0 aliphatic carbocycles. The molecule has 21 heavy (non-hydrogen) atoms. The highest BCUT2D eigenvalue weighted by Crippen LogP contribution is 2.25. The van der Waals surface area contributed by atoms with Gasteiger partial charge in [0, 0.05) is 12.6 Å². The molecule has 0 spiro atoms. The van der Waals surface area contributed by atoms with Crippen LogP contribution >= 0.6 is 11.6 Å². The molecular weight excluding hydrogens is 290 g/mol. The monoisotopic (exact) mass is 311 g/mol. The standard InChI is InChI=1S/C15H22ClN3O2/c1-18-8-5-12(6-9-18)4-7-17-11-13-2-3-14(16)15(10-13)19(20)21/h2-3,10,12,17H,4-9,11H2,1H3. The van der Waals surface area contributed by atoms with Gasteiger partial charge in [0.25, 0.3) is 5.69 Å². The number of likely N-dealkylation sites (tertiary alicyclic amines) is 1. The van der Waals surface area contributed by atoms with Crippen molar-refractivity contribution in [3.8, 4) is 0 Å². The van der Waals surface area contributed by atoms with Gasteiger partial charge in [-0.05, 0) is 63.5 Å². The zero-order valence-corrected chi connectivity index (χ0v) is 13.1. The number of piperidine rings is 1. The summed E-state index contributed by atoms with van der Waals surface area (Å²) in [5.41, 5.74) is 0.876. The molecule has 1 aliphatic rings. The molecule has 2 rings (SSSR count). The van der Waals surface area contributed by atoms with E-state index in [1.54, 1.807) is 12.1 Å². The molecule has 0 aromatic heterocycles. The first-order valence-corrected chi connectivity index (χ1v) is 7.76. The second kappa shape index (κ2) is 7.73. The van der Waals surface area contributed by atoms with Crippen LogP contribution in [0.4, 0.5) is 5.69 Å². The summed E-state index contributed by atoms with van der Waals surface area (Å²) in [6, 6.07) is 4.97. The van der Waals surface area contributed by atoms with Gasteiger partial charge in [-0.2, -0.15) is 0 Å². The summed E-state index contributed by atoms with van der Waals surface area (Å²) in [7, 11) is 2.17. The largest absolute Gasteiger partial charge is 0.313 e. The lowest BCUT2D eigenvalue weighted by atomic mass is 9.94. The van der Waals surface area contributed by atoms with Gasteiger partial charge in [0.1, 0.15) is 5.02 Å². The van der Waals surface area contributed by atoms with Crippen LogP contribution in [0.3, 0.4) is 0 Å². The highest BCUT2D eigenvalue weighted by molar-refractivity contribution is 6.32. The average Bonchev–Trinajstić information content (AvgIpc) is 2.46. The zero-order chi connectivity index (χ0) is 15.2. The SMILES string of the molecule is CN1CCC(CCNCc2ccc(Cl)c([N+](=O)[O-])c2)CC1. The summed E-state index contributed by atoms with van der Waals surface area (Å²) >= 11 is 5.80. The Bertz CT molecular complexity index is 488. The Balaban J connectivity index is 1.73. The van der Waals surface area contributed by atoms with Gasteiger partial charge in [0.2, 0.25) is 0 Å². The van der Waals surface area contributed by atoms with E-state index in [4.69, 9.17) is 11.6 Å². The molecule has 1 N–H and O–H groups in total. The Kier molecular flexibility index (Phi) is 5.96. The van der Waals surface area contributed by atoms with E-state index in [-0.39, 0.29) is 10.7 Å². The van der Waals surface area contributed by atoms with Crippen molar-refractivity contribution in [3.63, 3.8) is 0 Å². The number of nitro benzene ring substituents is 1. The highest BCUT2D eigenvalue weighted by atomic mass is 35.5. The second-order valence-electron chi connectivity index (χ2n) is 5.75. The van der Waals surface area contributed by atoms with E-state index in [2.05, 4.69) is 17.3 Å². The molecule has 1 heterocycles. The van der Waals surface area contributed by atoms with E-state index in [0.29, 0.717) is 6.54 Å². The van der Waals surface area contributed by atoms with E-state index in [1.165, 1.54) is 32.4 Å². The molecule has 6 heteroatoms. The van der Waals surface area contributed by atoms with Gasteiger partial charge in [0.05, 0.1) is 4.92 Å². The van der Waals surface area contributed by atoms with E-state index in [0.717, 1.165) is 18.0 Å². The first kappa shape index (κ1) is 16.2. The predicted octanol–water partition coefficient (Wildman–Crippen LogP) is 3.07. The number of halogens is 1. The molecule has 0 bridgehead atoms. The lowest BCUT2D eigenvalue weighted by molar-refractivity contribution is -0.384. The van der Waals surface area contributed by atoms with Gasteiger partial charge in [-0.1, -0.05) is 17.7 Å². The van der Waals surface area contributed by atoms with Crippen LogP contribution in [0.25, 0.3) is 0 Å². The smallest absolute Gasteiger partial charge is 0.288 e. The molecule has 1 aromatic rings. The predicted molar refractivity (Wildman–Crippen MR) is 84.7 cm³/mol. The minimum absolute atomic E-state index is 0.0220. The minimum atomic E-state index is -0.440. The molecule has 0 amide bonds. The highest BCUT2D eigenvalue weighted by Gasteiger charge is 2.16. The normalized spacial score (nSPS) is 17.0. The summed E-state index contributed by atoms with van der Waals surface area (Å²) in [6.45, 7) is 3.97. The minimum Gasteiger partial charge on any atom is -0.313 e. The van der Waals surface area contributed by atoms with E-state index >= 15 is 0 Å². The topological polar surface area (TPSA) is 58.4 Å². The Morgan fingerprint density at radius 1 is 1.43 bits per heavy atom. The van der Waals surface area contributed by atoms with E-state index in [1.807, 2.05) is 6.07 Å². The third-order valence-electron chi connectivity index (χ3n) is 4.10. The van der Waals surface area contributed by atoms with Gasteiger partial charge < -0.3 is 10.2 Å². The van der Waals surface area contributed by atoms with Crippen molar-refractivity contribution in [1.82, 2.24) is 10.2 Å². The molecular formula is C15H22ClN3O2. The summed E-state index contributed by atoms with van der Waals surface area (Å²) in [6.07, 6.45) is 3.71. The summed E-state index contributed by atoms with van der Waals surface area (Å²) in [4.78, 5) is 12.8. The van der Waals surface area contributed by atoms with Crippen molar-refractivity contribution in [1.29, 1.82) is 0 Å². The second-order valence-corrected chi connectivity index (χ2v) is 6.16. The summed E-state index contributed by atoms with van der Waals surface area (Å²) in [5, 5.41) is 14.4. The van der Waals surface area contributed by atoms with Crippen molar-refractivity contribution in [3.05, 3.63) is 38.9 Å². The summed E-state index contributed by atoms with van der Waals surface area (Å²) < 4.78 is 0. The molecule has 0 atom stereocenters. The summed E-state index contributed by atoms with van der Waals surface area (Å²) in [5.74, 6) is 0.799. The number of nitrogens with zero attached hydrogens (tertiary/aromatic N) is 2. The maximum absolute atomic E-state index is 10.8. The molecule has 1 aliphatic heterocycles. The van der Waals surface area contributed by atoms with Gasteiger partial charge in [-0.3, -0.25) is 10.1 Å². The fourth-order valence-corrected chi connectivity index (χ4v) is 2.88. The Morgan fingerprint density at radius 3 is 2.81 bits per heavy atom. The molecule has 0 saturated carbocycles. The maximum atomic E-state index is 10.8. The van der Waals surface area contributed by atoms with Gasteiger partial charge in [-0.15, -0.1) is 0 Å². The van der Waals surface area contributed by atoms with Crippen molar-refractivity contribution < 1.29 is 4.92 Å². The Hall–Kier alpha value is -1.17. The fraction of sp³-hybridized carbons (Fsp3) is 0.600. The third-order valence-corrected chi connectivity index (χ3v) is 4.42. The molecule has 116 valence electrons. The Morgan fingerprint density at radius 2 is 2.14 bits per heavy atom. The van der Waals surface area contributed by atoms with Crippen LogP contribution < -0.4 is 5.32 Å². The van der Waals surface area contributed by atoms with Crippen molar-refractivity contribution in [2.45, 2.75) is 25.8 Å². The third kappa shape index (κ3) is 4.95. The average molecular weight is 312 g/mol. The van der Waals surface area contributed by atoms with Crippen LogP contribution in [-0.4, -0.2) is 36.5 Å². The van der Waals surface area contributed by atoms with Crippen molar-refractivity contribution in [2.24, 2.45) is 5.92 Å². The van der Waals surface area contributed by atoms with Gasteiger partial charge in [0.15, 0.2) is 0 Å². The number of benzene rings is 1. The number of hydrogen-bond acceptors (Lipinski definition) is 4. The van der Waals surface area contributed by atoms with Gasteiger partial charge >= 0.3 is 0 Å². The van der Waals surface area contributed by atoms with Crippen molar-refractivity contribution in [2.75, 3.05) is 26.7 Å². The lowest BCUT2D eigenvalue weighted by Gasteiger charge is -2.28. The molecule has 5 nitrogen and oxygen atoms in total.